The fourth-order valence-corrected chi connectivity index (χ4v) is 3.84. The van der Waals surface area contributed by atoms with Crippen molar-refractivity contribution in [3.05, 3.63) is 12.7 Å². The van der Waals surface area contributed by atoms with Gasteiger partial charge in [-0.05, 0) is 25.7 Å². The SMILES string of the molecule is C=CCCCCCC(CCCCCCCCC)C1=NCCN1CCO. The van der Waals surface area contributed by atoms with Crippen LogP contribution in [0.1, 0.15) is 90.4 Å². The van der Waals surface area contributed by atoms with Crippen molar-refractivity contribution >= 4 is 5.84 Å². The lowest BCUT2D eigenvalue weighted by molar-refractivity contribution is 0.251. The van der Waals surface area contributed by atoms with Crippen LogP contribution < -0.4 is 0 Å². The van der Waals surface area contributed by atoms with Crippen molar-refractivity contribution in [1.82, 2.24) is 4.90 Å². The number of aliphatic hydroxyl groups is 1. The number of hydrogen-bond donors (Lipinski definition) is 1. The molecule has 1 unspecified atom stereocenters. The number of β-amino-alcohol motifs (C(OH)–C–C–N with tert-alkyl or cyclic N) is 1. The highest BCUT2D eigenvalue weighted by atomic mass is 16.3. The van der Waals surface area contributed by atoms with E-state index in [-0.39, 0.29) is 6.61 Å². The van der Waals surface area contributed by atoms with Crippen LogP contribution in [0.3, 0.4) is 0 Å². The van der Waals surface area contributed by atoms with Crippen LogP contribution in [-0.2, 0) is 0 Å². The van der Waals surface area contributed by atoms with E-state index in [1.807, 2.05) is 6.08 Å². The molecular formula is C22H42N2O. The predicted molar refractivity (Wildman–Crippen MR) is 110 cm³/mol. The van der Waals surface area contributed by atoms with Crippen LogP contribution in [0.4, 0.5) is 0 Å². The van der Waals surface area contributed by atoms with Crippen molar-refractivity contribution in [2.24, 2.45) is 10.9 Å². The highest BCUT2D eigenvalue weighted by molar-refractivity contribution is 5.86. The first kappa shape index (κ1) is 22.2. The Balaban J connectivity index is 2.35. The van der Waals surface area contributed by atoms with E-state index in [4.69, 9.17) is 4.99 Å². The topological polar surface area (TPSA) is 35.8 Å². The maximum atomic E-state index is 9.31. The molecule has 1 N–H and O–H groups in total. The summed E-state index contributed by atoms with van der Waals surface area (Å²) in [5.41, 5.74) is 0. The van der Waals surface area contributed by atoms with Crippen LogP contribution in [-0.4, -0.2) is 42.1 Å². The first-order chi connectivity index (χ1) is 12.3. The van der Waals surface area contributed by atoms with Crippen LogP contribution in [0.2, 0.25) is 0 Å². The average Bonchev–Trinajstić information content (AvgIpc) is 3.07. The molecule has 0 fully saturated rings. The van der Waals surface area contributed by atoms with Gasteiger partial charge in [-0.25, -0.2) is 0 Å². The Bertz CT molecular complexity index is 354. The van der Waals surface area contributed by atoms with Gasteiger partial charge in [-0.3, -0.25) is 4.99 Å². The van der Waals surface area contributed by atoms with Crippen LogP contribution in [0.15, 0.2) is 17.6 Å². The zero-order valence-electron chi connectivity index (χ0n) is 16.7. The molecule has 3 heteroatoms. The molecule has 0 aromatic heterocycles. The molecule has 0 bridgehead atoms. The van der Waals surface area contributed by atoms with Gasteiger partial charge < -0.3 is 10.0 Å². The van der Waals surface area contributed by atoms with Gasteiger partial charge in [0.05, 0.1) is 13.2 Å². The van der Waals surface area contributed by atoms with Crippen molar-refractivity contribution in [2.45, 2.75) is 90.4 Å². The molecule has 3 nitrogen and oxygen atoms in total. The van der Waals surface area contributed by atoms with Gasteiger partial charge in [0.25, 0.3) is 0 Å². The standard InChI is InChI=1S/C22H42N2O/c1-3-5-7-9-10-12-14-16-21(15-13-11-8-6-4-2)22-23-17-18-24(22)19-20-25/h4,21,25H,2-3,5-20H2,1H3. The quantitative estimate of drug-likeness (QED) is 0.274. The molecular weight excluding hydrogens is 308 g/mol. The van der Waals surface area contributed by atoms with Gasteiger partial charge in [0.1, 0.15) is 5.84 Å². The summed E-state index contributed by atoms with van der Waals surface area (Å²) in [6.07, 6.45) is 19.2. The molecule has 0 aromatic rings. The second-order valence-corrected chi connectivity index (χ2v) is 7.48. The maximum Gasteiger partial charge on any atom is 0.102 e. The van der Waals surface area contributed by atoms with E-state index in [0.29, 0.717) is 5.92 Å². The zero-order valence-corrected chi connectivity index (χ0v) is 16.7. The summed E-state index contributed by atoms with van der Waals surface area (Å²) in [5, 5.41) is 9.31. The predicted octanol–water partition coefficient (Wildman–Crippen LogP) is 5.59. The molecule has 0 amide bonds. The minimum atomic E-state index is 0.239. The van der Waals surface area contributed by atoms with Gasteiger partial charge in [-0.1, -0.05) is 70.8 Å². The highest BCUT2D eigenvalue weighted by Crippen LogP contribution is 2.24. The second kappa shape index (κ2) is 15.4. The van der Waals surface area contributed by atoms with Gasteiger partial charge in [-0.15, -0.1) is 6.58 Å². The third-order valence-electron chi connectivity index (χ3n) is 5.32. The first-order valence-corrected chi connectivity index (χ1v) is 10.8. The van der Waals surface area contributed by atoms with Crippen molar-refractivity contribution in [1.29, 1.82) is 0 Å². The summed E-state index contributed by atoms with van der Waals surface area (Å²) in [6.45, 7) is 9.00. The summed E-state index contributed by atoms with van der Waals surface area (Å²) in [4.78, 5) is 7.13. The third-order valence-corrected chi connectivity index (χ3v) is 5.32. The summed E-state index contributed by atoms with van der Waals surface area (Å²) < 4.78 is 0. The molecule has 25 heavy (non-hydrogen) atoms. The smallest absolute Gasteiger partial charge is 0.102 e. The summed E-state index contributed by atoms with van der Waals surface area (Å²) in [6, 6.07) is 0. The number of hydrogen-bond acceptors (Lipinski definition) is 3. The van der Waals surface area contributed by atoms with E-state index in [9.17, 15) is 5.11 Å². The summed E-state index contributed by atoms with van der Waals surface area (Å²) in [5.74, 6) is 1.90. The monoisotopic (exact) mass is 350 g/mol. The first-order valence-electron chi connectivity index (χ1n) is 10.8. The molecule has 146 valence electrons. The Morgan fingerprint density at radius 1 is 1.04 bits per heavy atom. The van der Waals surface area contributed by atoms with Crippen molar-refractivity contribution in [3.63, 3.8) is 0 Å². The number of rotatable bonds is 17. The lowest BCUT2D eigenvalue weighted by atomic mass is 9.92. The number of amidine groups is 1. The minimum Gasteiger partial charge on any atom is -0.395 e. The van der Waals surface area contributed by atoms with Crippen molar-refractivity contribution < 1.29 is 5.11 Å². The molecule has 1 aliphatic heterocycles. The van der Waals surface area contributed by atoms with Crippen LogP contribution >= 0.6 is 0 Å². The van der Waals surface area contributed by atoms with Crippen molar-refractivity contribution in [3.8, 4) is 0 Å². The fraction of sp³-hybridized carbons (Fsp3) is 0.864. The average molecular weight is 351 g/mol. The molecule has 0 aliphatic carbocycles. The fourth-order valence-electron chi connectivity index (χ4n) is 3.84. The number of nitrogens with zero attached hydrogens (tertiary/aromatic N) is 2. The van der Waals surface area contributed by atoms with E-state index in [1.54, 1.807) is 0 Å². The van der Waals surface area contributed by atoms with Crippen LogP contribution in [0, 0.1) is 5.92 Å². The van der Waals surface area contributed by atoms with Gasteiger partial charge in [-0.2, -0.15) is 0 Å². The summed E-state index contributed by atoms with van der Waals surface area (Å²) in [7, 11) is 0. The minimum absolute atomic E-state index is 0.239. The molecule has 0 aromatic carbocycles. The highest BCUT2D eigenvalue weighted by Gasteiger charge is 2.24. The maximum absolute atomic E-state index is 9.31. The second-order valence-electron chi connectivity index (χ2n) is 7.48. The molecule has 1 heterocycles. The van der Waals surface area contributed by atoms with Gasteiger partial charge in [0, 0.05) is 19.0 Å². The lowest BCUT2D eigenvalue weighted by Crippen LogP contribution is -2.35. The zero-order chi connectivity index (χ0) is 18.2. The number of unbranched alkanes of at least 4 members (excludes halogenated alkanes) is 9. The Labute approximate surface area is 156 Å². The Hall–Kier alpha value is -0.830. The molecule has 1 atom stereocenters. The van der Waals surface area contributed by atoms with E-state index >= 15 is 0 Å². The number of aliphatic hydroxyl groups excluding tert-OH is 1. The van der Waals surface area contributed by atoms with Crippen LogP contribution in [0.25, 0.3) is 0 Å². The Morgan fingerprint density at radius 3 is 2.32 bits per heavy atom. The van der Waals surface area contributed by atoms with E-state index in [1.165, 1.54) is 82.9 Å². The molecule has 0 saturated heterocycles. The largest absolute Gasteiger partial charge is 0.395 e. The van der Waals surface area contributed by atoms with E-state index < -0.39 is 0 Å². The van der Waals surface area contributed by atoms with Crippen molar-refractivity contribution in [2.75, 3.05) is 26.2 Å². The normalized spacial score (nSPS) is 15.4. The molecule has 0 radical (unpaired) electrons. The third kappa shape index (κ3) is 10.0. The molecule has 1 rings (SSSR count). The van der Waals surface area contributed by atoms with E-state index in [0.717, 1.165) is 26.1 Å². The Morgan fingerprint density at radius 2 is 1.68 bits per heavy atom. The lowest BCUT2D eigenvalue weighted by Gasteiger charge is -2.26. The number of aliphatic imine (C=N–C) groups is 1. The molecule has 0 saturated carbocycles. The van der Waals surface area contributed by atoms with Crippen LogP contribution in [0.5, 0.6) is 0 Å². The van der Waals surface area contributed by atoms with Gasteiger partial charge in [0.2, 0.25) is 0 Å². The molecule has 0 spiro atoms. The molecule has 1 aliphatic rings. The number of allylic oxidation sites excluding steroid dienone is 1. The summed E-state index contributed by atoms with van der Waals surface area (Å²) >= 11 is 0. The van der Waals surface area contributed by atoms with Gasteiger partial charge >= 0.3 is 0 Å². The Kier molecular flexibility index (Phi) is 13.7. The van der Waals surface area contributed by atoms with Gasteiger partial charge in [0.15, 0.2) is 0 Å². The van der Waals surface area contributed by atoms with E-state index in [2.05, 4.69) is 18.4 Å².